The maximum atomic E-state index is 11.0. The fourth-order valence-electron chi connectivity index (χ4n) is 1.57. The number of thioether (sulfide) groups is 1. The van der Waals surface area contributed by atoms with Crippen LogP contribution in [0.25, 0.3) is 11.1 Å². The Morgan fingerprint density at radius 3 is 3.12 bits per heavy atom. The Balaban J connectivity index is 2.27. The summed E-state index contributed by atoms with van der Waals surface area (Å²) in [4.78, 5) is 13.5. The van der Waals surface area contributed by atoms with Crippen molar-refractivity contribution in [1.29, 1.82) is 0 Å². The second kappa shape index (κ2) is 4.76. The third-order valence-electron chi connectivity index (χ3n) is 2.43. The standard InChI is InChI=1S/C11H13NO3S/c1-16-5-4-9(13)7-2-3-8-10(6-7)15-11(14)12-8/h2-3,6,9,13H,4-5H2,1H3,(H,12,14). The number of aliphatic hydroxyl groups excluding tert-OH is 1. The summed E-state index contributed by atoms with van der Waals surface area (Å²) in [6.07, 6.45) is 2.19. The third kappa shape index (κ3) is 2.31. The first-order valence-electron chi connectivity index (χ1n) is 5.00. The van der Waals surface area contributed by atoms with Crippen molar-refractivity contribution in [2.45, 2.75) is 12.5 Å². The molecule has 1 aromatic carbocycles. The minimum absolute atomic E-state index is 0.467. The zero-order chi connectivity index (χ0) is 11.5. The maximum Gasteiger partial charge on any atom is 0.417 e. The molecule has 2 N–H and O–H groups in total. The van der Waals surface area contributed by atoms with Crippen LogP contribution in [-0.4, -0.2) is 22.1 Å². The lowest BCUT2D eigenvalue weighted by atomic mass is 10.1. The second-order valence-corrected chi connectivity index (χ2v) is 4.55. The average Bonchev–Trinajstić information content (AvgIpc) is 2.64. The van der Waals surface area contributed by atoms with Crippen LogP contribution in [0.15, 0.2) is 27.4 Å². The first-order chi connectivity index (χ1) is 7.70. The molecular weight excluding hydrogens is 226 g/mol. The van der Waals surface area contributed by atoms with Gasteiger partial charge in [0.05, 0.1) is 11.6 Å². The van der Waals surface area contributed by atoms with Gasteiger partial charge in [-0.05, 0) is 36.1 Å². The highest BCUT2D eigenvalue weighted by Crippen LogP contribution is 2.21. The lowest BCUT2D eigenvalue weighted by Crippen LogP contribution is -1.98. The zero-order valence-electron chi connectivity index (χ0n) is 8.90. The molecule has 5 heteroatoms. The van der Waals surface area contributed by atoms with E-state index in [9.17, 15) is 9.90 Å². The van der Waals surface area contributed by atoms with Gasteiger partial charge in [0.2, 0.25) is 0 Å². The lowest BCUT2D eigenvalue weighted by Gasteiger charge is -2.09. The second-order valence-electron chi connectivity index (χ2n) is 3.57. The third-order valence-corrected chi connectivity index (χ3v) is 3.07. The van der Waals surface area contributed by atoms with Crippen molar-refractivity contribution in [3.8, 4) is 0 Å². The molecule has 86 valence electrons. The maximum absolute atomic E-state index is 11.0. The summed E-state index contributed by atoms with van der Waals surface area (Å²) >= 11 is 1.69. The van der Waals surface area contributed by atoms with Crippen LogP contribution in [0.4, 0.5) is 0 Å². The fraction of sp³-hybridized carbons (Fsp3) is 0.364. The summed E-state index contributed by atoms with van der Waals surface area (Å²) in [6, 6.07) is 5.26. The Bertz CT molecular complexity index is 531. The van der Waals surface area contributed by atoms with Gasteiger partial charge in [-0.15, -0.1) is 0 Å². The number of aliphatic hydroxyl groups is 1. The molecule has 0 bridgehead atoms. The number of H-pyrrole nitrogens is 1. The van der Waals surface area contributed by atoms with Crippen LogP contribution >= 0.6 is 11.8 Å². The molecule has 0 aliphatic rings. The van der Waals surface area contributed by atoms with Crippen molar-refractivity contribution in [2.24, 2.45) is 0 Å². The predicted octanol–water partition coefficient (Wildman–Crippen LogP) is 1.91. The number of benzene rings is 1. The van der Waals surface area contributed by atoms with Crippen LogP contribution in [0, 0.1) is 0 Å². The van der Waals surface area contributed by atoms with Crippen LogP contribution in [0.1, 0.15) is 18.1 Å². The highest BCUT2D eigenvalue weighted by Gasteiger charge is 2.09. The van der Waals surface area contributed by atoms with E-state index in [1.54, 1.807) is 30.0 Å². The number of hydrogen-bond donors (Lipinski definition) is 2. The Labute approximate surface area is 96.7 Å². The van der Waals surface area contributed by atoms with E-state index in [1.807, 2.05) is 6.26 Å². The molecule has 1 unspecified atom stereocenters. The van der Waals surface area contributed by atoms with E-state index in [2.05, 4.69) is 4.98 Å². The molecule has 1 atom stereocenters. The molecule has 0 radical (unpaired) electrons. The topological polar surface area (TPSA) is 66.2 Å². The fourth-order valence-corrected chi connectivity index (χ4v) is 2.02. The first kappa shape index (κ1) is 11.3. The Morgan fingerprint density at radius 1 is 1.56 bits per heavy atom. The van der Waals surface area contributed by atoms with Crippen LogP contribution in [0.2, 0.25) is 0 Å². The van der Waals surface area contributed by atoms with E-state index in [1.165, 1.54) is 0 Å². The molecule has 0 amide bonds. The molecule has 0 aliphatic carbocycles. The van der Waals surface area contributed by atoms with Gasteiger partial charge in [0.15, 0.2) is 5.58 Å². The highest BCUT2D eigenvalue weighted by molar-refractivity contribution is 7.98. The van der Waals surface area contributed by atoms with Crippen molar-refractivity contribution < 1.29 is 9.52 Å². The van der Waals surface area contributed by atoms with Crippen LogP contribution < -0.4 is 5.76 Å². The van der Waals surface area contributed by atoms with Crippen molar-refractivity contribution in [3.63, 3.8) is 0 Å². The van der Waals surface area contributed by atoms with Gasteiger partial charge in [-0.25, -0.2) is 4.79 Å². The molecule has 4 nitrogen and oxygen atoms in total. The molecule has 0 saturated carbocycles. The molecule has 1 heterocycles. The van der Waals surface area contributed by atoms with Gasteiger partial charge in [-0.2, -0.15) is 11.8 Å². The van der Waals surface area contributed by atoms with Crippen LogP contribution in [0.5, 0.6) is 0 Å². The van der Waals surface area contributed by atoms with E-state index >= 15 is 0 Å². The average molecular weight is 239 g/mol. The molecule has 1 aromatic heterocycles. The Morgan fingerprint density at radius 2 is 2.38 bits per heavy atom. The van der Waals surface area contributed by atoms with Gasteiger partial charge < -0.3 is 9.52 Å². The molecule has 0 aliphatic heterocycles. The van der Waals surface area contributed by atoms with Crippen LogP contribution in [0.3, 0.4) is 0 Å². The van der Waals surface area contributed by atoms with E-state index in [-0.39, 0.29) is 0 Å². The highest BCUT2D eigenvalue weighted by atomic mass is 32.2. The molecular formula is C11H13NO3S. The van der Waals surface area contributed by atoms with E-state index in [0.29, 0.717) is 17.5 Å². The molecule has 0 spiro atoms. The summed E-state index contributed by atoms with van der Waals surface area (Å²) in [7, 11) is 0. The summed E-state index contributed by atoms with van der Waals surface area (Å²) in [5.41, 5.74) is 1.93. The van der Waals surface area contributed by atoms with Gasteiger partial charge in [-0.3, -0.25) is 4.98 Å². The van der Waals surface area contributed by atoms with E-state index in [4.69, 9.17) is 4.42 Å². The largest absolute Gasteiger partial charge is 0.417 e. The number of oxazole rings is 1. The van der Waals surface area contributed by atoms with Crippen molar-refractivity contribution in [2.75, 3.05) is 12.0 Å². The summed E-state index contributed by atoms with van der Waals surface area (Å²) in [6.45, 7) is 0. The smallest absolute Gasteiger partial charge is 0.408 e. The van der Waals surface area contributed by atoms with Gasteiger partial charge >= 0.3 is 5.76 Å². The molecule has 0 saturated heterocycles. The van der Waals surface area contributed by atoms with E-state index < -0.39 is 11.9 Å². The minimum atomic E-state index is -0.503. The van der Waals surface area contributed by atoms with Crippen molar-refractivity contribution >= 4 is 22.9 Å². The number of aromatic amines is 1. The lowest BCUT2D eigenvalue weighted by molar-refractivity contribution is 0.175. The van der Waals surface area contributed by atoms with Gasteiger partial charge in [0, 0.05) is 0 Å². The van der Waals surface area contributed by atoms with Gasteiger partial charge in [0.1, 0.15) is 0 Å². The number of rotatable bonds is 4. The SMILES string of the molecule is CSCCC(O)c1ccc2[nH]c(=O)oc2c1. The normalized spacial score (nSPS) is 13.1. The van der Waals surface area contributed by atoms with Crippen molar-refractivity contribution in [1.82, 2.24) is 4.98 Å². The summed E-state index contributed by atoms with van der Waals surface area (Å²) in [5, 5.41) is 9.87. The molecule has 2 rings (SSSR count). The Kier molecular flexibility index (Phi) is 3.36. The number of hydrogen-bond acceptors (Lipinski definition) is 4. The number of nitrogens with one attached hydrogen (secondary N) is 1. The Hall–Kier alpha value is -1.20. The van der Waals surface area contributed by atoms with Gasteiger partial charge in [-0.1, -0.05) is 6.07 Å². The molecule has 16 heavy (non-hydrogen) atoms. The first-order valence-corrected chi connectivity index (χ1v) is 6.40. The molecule has 0 fully saturated rings. The minimum Gasteiger partial charge on any atom is -0.408 e. The zero-order valence-corrected chi connectivity index (χ0v) is 9.71. The summed E-state index contributed by atoms with van der Waals surface area (Å²) in [5.74, 6) is 0.432. The quantitative estimate of drug-likeness (QED) is 0.855. The summed E-state index contributed by atoms with van der Waals surface area (Å²) < 4.78 is 4.94. The molecule has 2 aromatic rings. The predicted molar refractivity (Wildman–Crippen MR) is 64.8 cm³/mol. The van der Waals surface area contributed by atoms with Crippen LogP contribution in [-0.2, 0) is 0 Å². The number of fused-ring (bicyclic) bond motifs is 1. The monoisotopic (exact) mass is 239 g/mol. The van der Waals surface area contributed by atoms with Crippen molar-refractivity contribution in [3.05, 3.63) is 34.3 Å². The number of aromatic nitrogens is 1. The van der Waals surface area contributed by atoms with E-state index in [0.717, 1.165) is 11.3 Å². The van der Waals surface area contributed by atoms with Gasteiger partial charge in [0.25, 0.3) is 0 Å².